The van der Waals surface area contributed by atoms with Crippen molar-refractivity contribution in [3.8, 4) is 0 Å². The molecule has 8 heteroatoms. The fourth-order valence-electron chi connectivity index (χ4n) is 1.90. The predicted octanol–water partition coefficient (Wildman–Crippen LogP) is 1.68. The Labute approximate surface area is 119 Å². The molecule has 0 saturated carbocycles. The van der Waals surface area contributed by atoms with E-state index in [0.717, 1.165) is 5.46 Å². The summed E-state index contributed by atoms with van der Waals surface area (Å²) in [5.74, 6) is 0. The first-order chi connectivity index (χ1) is 8.82. The number of fused-ring (bicyclic) bond motifs is 1. The first-order valence-electron chi connectivity index (χ1n) is 5.94. The van der Waals surface area contributed by atoms with E-state index in [2.05, 4.69) is 31.2 Å². The lowest BCUT2D eigenvalue weighted by Crippen LogP contribution is -2.41. The van der Waals surface area contributed by atoms with Gasteiger partial charge in [-0.15, -0.1) is 0 Å². The standard InChI is InChI=1S/C11H13BBrN3O3/c1-10(2)11(3,4)18-12(17-10)6-5-14-9(13)8-7(6)15-19-16-8/h5H,1-4H3. The van der Waals surface area contributed by atoms with Crippen LogP contribution >= 0.6 is 15.9 Å². The van der Waals surface area contributed by atoms with Crippen LogP contribution in [0.1, 0.15) is 27.7 Å². The Morgan fingerprint density at radius 2 is 1.63 bits per heavy atom. The first-order valence-corrected chi connectivity index (χ1v) is 6.73. The van der Waals surface area contributed by atoms with Gasteiger partial charge in [-0.2, -0.15) is 0 Å². The summed E-state index contributed by atoms with van der Waals surface area (Å²) < 4.78 is 17.3. The van der Waals surface area contributed by atoms with Crippen LogP contribution in [0, 0.1) is 0 Å². The minimum atomic E-state index is -0.528. The molecule has 1 fully saturated rings. The number of aromatic nitrogens is 3. The third kappa shape index (κ3) is 1.89. The van der Waals surface area contributed by atoms with Gasteiger partial charge >= 0.3 is 7.12 Å². The van der Waals surface area contributed by atoms with Crippen LogP contribution in [-0.4, -0.2) is 33.6 Å². The summed E-state index contributed by atoms with van der Waals surface area (Å²) in [6.45, 7) is 7.99. The van der Waals surface area contributed by atoms with Crippen LogP contribution < -0.4 is 5.46 Å². The average Bonchev–Trinajstić information content (AvgIpc) is 2.84. The zero-order valence-corrected chi connectivity index (χ0v) is 12.7. The molecule has 3 rings (SSSR count). The molecule has 0 unspecified atom stereocenters. The summed E-state index contributed by atoms with van der Waals surface area (Å²) >= 11 is 3.31. The zero-order valence-electron chi connectivity index (χ0n) is 11.1. The molecule has 19 heavy (non-hydrogen) atoms. The molecular weight excluding hydrogens is 313 g/mol. The SMILES string of the molecule is CC1(C)OB(c2cnc(Br)c3nonc23)OC1(C)C. The summed E-state index contributed by atoms with van der Waals surface area (Å²) in [6.07, 6.45) is 1.67. The fourth-order valence-corrected chi connectivity index (χ4v) is 2.27. The quantitative estimate of drug-likeness (QED) is 0.587. The Hall–Kier alpha value is -0.985. The molecule has 0 N–H and O–H groups in total. The molecule has 1 saturated heterocycles. The number of pyridine rings is 1. The summed E-state index contributed by atoms with van der Waals surface area (Å²) in [7, 11) is -0.528. The Morgan fingerprint density at radius 1 is 1.05 bits per heavy atom. The second kappa shape index (κ2) is 4.00. The van der Waals surface area contributed by atoms with Crippen molar-refractivity contribution in [2.45, 2.75) is 38.9 Å². The van der Waals surface area contributed by atoms with Gasteiger partial charge in [-0.05, 0) is 48.8 Å². The molecule has 0 atom stereocenters. The average molecular weight is 326 g/mol. The first kappa shape index (κ1) is 13.0. The second-order valence-electron chi connectivity index (χ2n) is 5.55. The number of nitrogens with zero attached hydrogens (tertiary/aromatic N) is 3. The molecule has 1 aliphatic heterocycles. The van der Waals surface area contributed by atoms with E-state index in [0.29, 0.717) is 15.6 Å². The molecule has 100 valence electrons. The Kier molecular flexibility index (Phi) is 2.74. The van der Waals surface area contributed by atoms with Gasteiger partial charge in [0.2, 0.25) is 0 Å². The van der Waals surface area contributed by atoms with Crippen molar-refractivity contribution in [1.82, 2.24) is 15.3 Å². The van der Waals surface area contributed by atoms with Gasteiger partial charge in [0.15, 0.2) is 5.52 Å². The molecule has 0 aromatic carbocycles. The smallest absolute Gasteiger partial charge is 0.399 e. The van der Waals surface area contributed by atoms with E-state index >= 15 is 0 Å². The largest absolute Gasteiger partial charge is 0.498 e. The van der Waals surface area contributed by atoms with Gasteiger partial charge < -0.3 is 9.31 Å². The van der Waals surface area contributed by atoms with Crippen molar-refractivity contribution in [3.05, 3.63) is 10.8 Å². The maximum Gasteiger partial charge on any atom is 0.498 e. The van der Waals surface area contributed by atoms with Gasteiger partial charge in [0.05, 0.1) is 11.2 Å². The van der Waals surface area contributed by atoms with Crippen molar-refractivity contribution in [2.75, 3.05) is 0 Å². The molecule has 2 aromatic rings. The summed E-state index contributed by atoms with van der Waals surface area (Å²) in [6, 6.07) is 0. The Bertz CT molecular complexity index is 627. The zero-order chi connectivity index (χ0) is 13.8. The molecule has 1 aliphatic rings. The van der Waals surface area contributed by atoms with E-state index in [1.165, 1.54) is 0 Å². The maximum absolute atomic E-state index is 5.98. The van der Waals surface area contributed by atoms with E-state index < -0.39 is 18.3 Å². The van der Waals surface area contributed by atoms with Crippen LogP contribution in [0.5, 0.6) is 0 Å². The summed E-state index contributed by atoms with van der Waals surface area (Å²) in [5.41, 5.74) is 1.06. The van der Waals surface area contributed by atoms with E-state index in [1.54, 1.807) is 6.20 Å². The highest BCUT2D eigenvalue weighted by Crippen LogP contribution is 2.36. The molecule has 0 aliphatic carbocycles. The molecule has 6 nitrogen and oxygen atoms in total. The van der Waals surface area contributed by atoms with Gasteiger partial charge in [-0.3, -0.25) is 0 Å². The normalized spacial score (nSPS) is 21.2. The Morgan fingerprint density at radius 3 is 2.26 bits per heavy atom. The molecule has 2 aromatic heterocycles. The maximum atomic E-state index is 5.98. The highest BCUT2D eigenvalue weighted by atomic mass is 79.9. The van der Waals surface area contributed by atoms with Gasteiger partial charge in [-0.1, -0.05) is 5.16 Å². The van der Waals surface area contributed by atoms with Crippen LogP contribution in [0.2, 0.25) is 0 Å². The summed E-state index contributed by atoms with van der Waals surface area (Å²) in [5, 5.41) is 7.72. The van der Waals surface area contributed by atoms with Gasteiger partial charge in [-0.25, -0.2) is 9.61 Å². The predicted molar refractivity (Wildman–Crippen MR) is 73.0 cm³/mol. The topological polar surface area (TPSA) is 70.3 Å². The van der Waals surface area contributed by atoms with Gasteiger partial charge in [0, 0.05) is 11.7 Å². The third-order valence-electron chi connectivity index (χ3n) is 3.78. The van der Waals surface area contributed by atoms with Gasteiger partial charge in [0.1, 0.15) is 10.1 Å². The second-order valence-corrected chi connectivity index (χ2v) is 6.31. The highest BCUT2D eigenvalue weighted by Gasteiger charge is 2.52. The molecular formula is C11H13BBrN3O3. The minimum Gasteiger partial charge on any atom is -0.399 e. The van der Waals surface area contributed by atoms with Gasteiger partial charge in [0.25, 0.3) is 0 Å². The lowest BCUT2D eigenvalue weighted by Gasteiger charge is -2.32. The van der Waals surface area contributed by atoms with Crippen molar-refractivity contribution < 1.29 is 13.9 Å². The molecule has 0 amide bonds. The fraction of sp³-hybridized carbons (Fsp3) is 0.545. The number of rotatable bonds is 1. The summed E-state index contributed by atoms with van der Waals surface area (Å²) in [4.78, 5) is 4.21. The Balaban J connectivity index is 2.08. The third-order valence-corrected chi connectivity index (χ3v) is 4.36. The molecule has 3 heterocycles. The number of halogens is 1. The highest BCUT2D eigenvalue weighted by molar-refractivity contribution is 9.10. The number of hydrogen-bond donors (Lipinski definition) is 0. The minimum absolute atomic E-state index is 0.409. The van der Waals surface area contributed by atoms with Crippen molar-refractivity contribution >= 4 is 39.5 Å². The lowest BCUT2D eigenvalue weighted by atomic mass is 9.79. The van der Waals surface area contributed by atoms with Crippen molar-refractivity contribution in [3.63, 3.8) is 0 Å². The molecule has 0 spiro atoms. The monoisotopic (exact) mass is 325 g/mol. The van der Waals surface area contributed by atoms with Crippen LogP contribution in [0.4, 0.5) is 0 Å². The lowest BCUT2D eigenvalue weighted by molar-refractivity contribution is 0.00578. The van der Waals surface area contributed by atoms with Crippen molar-refractivity contribution in [1.29, 1.82) is 0 Å². The van der Waals surface area contributed by atoms with E-state index in [-0.39, 0.29) is 0 Å². The molecule has 0 radical (unpaired) electrons. The van der Waals surface area contributed by atoms with E-state index in [1.807, 2.05) is 27.7 Å². The van der Waals surface area contributed by atoms with Crippen LogP contribution in [0.3, 0.4) is 0 Å². The van der Waals surface area contributed by atoms with E-state index in [9.17, 15) is 0 Å². The van der Waals surface area contributed by atoms with Crippen LogP contribution in [-0.2, 0) is 9.31 Å². The van der Waals surface area contributed by atoms with E-state index in [4.69, 9.17) is 13.9 Å². The van der Waals surface area contributed by atoms with Crippen molar-refractivity contribution in [2.24, 2.45) is 0 Å². The number of hydrogen-bond acceptors (Lipinski definition) is 6. The van der Waals surface area contributed by atoms with Crippen LogP contribution in [0.25, 0.3) is 11.0 Å². The molecule has 0 bridgehead atoms. The van der Waals surface area contributed by atoms with Crippen LogP contribution in [0.15, 0.2) is 15.4 Å².